The molecule has 1 aliphatic heterocycles. The van der Waals surface area contributed by atoms with E-state index in [1.807, 2.05) is 0 Å². The highest BCUT2D eigenvalue weighted by atomic mass is 15.2. The molecule has 1 heterocycles. The van der Waals surface area contributed by atoms with Gasteiger partial charge in [-0.15, -0.1) is 0 Å². The fourth-order valence-corrected chi connectivity index (χ4v) is 2.79. The van der Waals surface area contributed by atoms with Crippen LogP contribution < -0.4 is 5.73 Å². The molecule has 1 fully saturated rings. The first-order valence-corrected chi connectivity index (χ1v) is 6.63. The molecule has 0 saturated carbocycles. The quantitative estimate of drug-likeness (QED) is 0.849. The standard InChI is InChI=1S/C15H24N2/c1-11-9-17(13(3)15(16)12(11)2)10-14-7-5-4-6-8-14/h4-8,11-13,15H,9-10,16H2,1-3H3. The first kappa shape index (κ1) is 12.6. The SMILES string of the molecule is CC1CN(Cc2ccccc2)C(C)C(N)C1C. The molecule has 2 rings (SSSR count). The zero-order valence-corrected chi connectivity index (χ0v) is 11.1. The molecular weight excluding hydrogens is 208 g/mol. The molecule has 94 valence electrons. The lowest BCUT2D eigenvalue weighted by Gasteiger charge is -2.45. The van der Waals surface area contributed by atoms with Crippen molar-refractivity contribution >= 4 is 0 Å². The van der Waals surface area contributed by atoms with Gasteiger partial charge in [-0.05, 0) is 24.3 Å². The molecule has 1 aromatic carbocycles. The number of piperidine rings is 1. The topological polar surface area (TPSA) is 29.3 Å². The molecule has 0 radical (unpaired) electrons. The van der Waals surface area contributed by atoms with Crippen LogP contribution in [0.4, 0.5) is 0 Å². The minimum atomic E-state index is 0.294. The minimum Gasteiger partial charge on any atom is -0.326 e. The largest absolute Gasteiger partial charge is 0.326 e. The van der Waals surface area contributed by atoms with E-state index in [9.17, 15) is 0 Å². The Balaban J connectivity index is 2.06. The summed E-state index contributed by atoms with van der Waals surface area (Å²) >= 11 is 0. The Hall–Kier alpha value is -0.860. The van der Waals surface area contributed by atoms with E-state index in [0.717, 1.165) is 13.1 Å². The molecule has 17 heavy (non-hydrogen) atoms. The Bertz CT molecular complexity index is 349. The highest BCUT2D eigenvalue weighted by Crippen LogP contribution is 2.27. The van der Waals surface area contributed by atoms with Crippen molar-refractivity contribution in [3.05, 3.63) is 35.9 Å². The molecule has 4 atom stereocenters. The van der Waals surface area contributed by atoms with Crippen molar-refractivity contribution < 1.29 is 0 Å². The highest BCUT2D eigenvalue weighted by molar-refractivity contribution is 5.15. The maximum atomic E-state index is 6.31. The molecule has 1 aromatic rings. The third-order valence-electron chi connectivity index (χ3n) is 4.39. The summed E-state index contributed by atoms with van der Waals surface area (Å²) in [6.07, 6.45) is 0. The number of hydrogen-bond acceptors (Lipinski definition) is 2. The third kappa shape index (κ3) is 2.70. The van der Waals surface area contributed by atoms with Crippen molar-refractivity contribution in [1.29, 1.82) is 0 Å². The van der Waals surface area contributed by atoms with Gasteiger partial charge in [-0.3, -0.25) is 4.90 Å². The smallest absolute Gasteiger partial charge is 0.0237 e. The fraction of sp³-hybridized carbons (Fsp3) is 0.600. The second kappa shape index (κ2) is 5.19. The van der Waals surface area contributed by atoms with Gasteiger partial charge in [0.05, 0.1) is 0 Å². The molecular formula is C15H24N2. The Morgan fingerprint density at radius 3 is 2.47 bits per heavy atom. The molecule has 0 aliphatic carbocycles. The molecule has 0 amide bonds. The molecule has 0 bridgehead atoms. The van der Waals surface area contributed by atoms with Crippen molar-refractivity contribution in [1.82, 2.24) is 4.90 Å². The van der Waals surface area contributed by atoms with Gasteiger partial charge in [0.25, 0.3) is 0 Å². The van der Waals surface area contributed by atoms with E-state index in [4.69, 9.17) is 5.73 Å². The van der Waals surface area contributed by atoms with Gasteiger partial charge >= 0.3 is 0 Å². The highest BCUT2D eigenvalue weighted by Gasteiger charge is 2.34. The lowest BCUT2D eigenvalue weighted by molar-refractivity contribution is 0.0586. The summed E-state index contributed by atoms with van der Waals surface area (Å²) in [5.74, 6) is 1.31. The zero-order valence-electron chi connectivity index (χ0n) is 11.1. The van der Waals surface area contributed by atoms with Crippen LogP contribution in [0.25, 0.3) is 0 Å². The van der Waals surface area contributed by atoms with Gasteiger partial charge in [-0.25, -0.2) is 0 Å². The first-order chi connectivity index (χ1) is 8.09. The van der Waals surface area contributed by atoms with E-state index in [1.165, 1.54) is 5.56 Å². The minimum absolute atomic E-state index is 0.294. The summed E-state index contributed by atoms with van der Waals surface area (Å²) in [4.78, 5) is 2.52. The summed E-state index contributed by atoms with van der Waals surface area (Å²) < 4.78 is 0. The van der Waals surface area contributed by atoms with Gasteiger partial charge in [0.2, 0.25) is 0 Å². The Kier molecular flexibility index (Phi) is 3.85. The normalized spacial score (nSPS) is 34.8. The summed E-state index contributed by atoms with van der Waals surface area (Å²) in [7, 11) is 0. The van der Waals surface area contributed by atoms with Gasteiger partial charge in [-0.1, -0.05) is 44.2 Å². The van der Waals surface area contributed by atoms with E-state index >= 15 is 0 Å². The maximum absolute atomic E-state index is 6.31. The fourth-order valence-electron chi connectivity index (χ4n) is 2.79. The van der Waals surface area contributed by atoms with Gasteiger partial charge in [0.1, 0.15) is 0 Å². The maximum Gasteiger partial charge on any atom is 0.0237 e. The predicted octanol–water partition coefficient (Wildman–Crippen LogP) is 2.49. The van der Waals surface area contributed by atoms with E-state index < -0.39 is 0 Å². The van der Waals surface area contributed by atoms with E-state index in [0.29, 0.717) is 23.9 Å². The van der Waals surface area contributed by atoms with Crippen LogP contribution in [-0.4, -0.2) is 23.5 Å². The number of hydrogen-bond donors (Lipinski definition) is 1. The van der Waals surface area contributed by atoms with Crippen LogP contribution in [0, 0.1) is 11.8 Å². The van der Waals surface area contributed by atoms with Crippen molar-refractivity contribution in [2.75, 3.05) is 6.54 Å². The van der Waals surface area contributed by atoms with Crippen LogP contribution in [0.2, 0.25) is 0 Å². The lowest BCUT2D eigenvalue weighted by Crippen LogP contribution is -2.56. The van der Waals surface area contributed by atoms with Crippen LogP contribution in [0.3, 0.4) is 0 Å². The molecule has 0 aromatic heterocycles. The van der Waals surface area contributed by atoms with Crippen LogP contribution >= 0.6 is 0 Å². The summed E-state index contributed by atoms with van der Waals surface area (Å²) in [5.41, 5.74) is 7.70. The second-order valence-corrected chi connectivity index (χ2v) is 5.57. The number of rotatable bonds is 2. The number of likely N-dealkylation sites (tertiary alicyclic amines) is 1. The van der Waals surface area contributed by atoms with Crippen LogP contribution in [0.15, 0.2) is 30.3 Å². The van der Waals surface area contributed by atoms with E-state index in [1.54, 1.807) is 0 Å². The summed E-state index contributed by atoms with van der Waals surface area (Å²) in [6.45, 7) is 9.04. The van der Waals surface area contributed by atoms with Gasteiger partial charge < -0.3 is 5.73 Å². The van der Waals surface area contributed by atoms with Gasteiger partial charge in [0.15, 0.2) is 0 Å². The molecule has 2 nitrogen and oxygen atoms in total. The Morgan fingerprint density at radius 2 is 1.82 bits per heavy atom. The average Bonchev–Trinajstić information content (AvgIpc) is 2.35. The Labute approximate surface area is 105 Å². The Morgan fingerprint density at radius 1 is 1.18 bits per heavy atom. The number of benzene rings is 1. The molecule has 1 saturated heterocycles. The molecule has 0 spiro atoms. The molecule has 4 unspecified atom stereocenters. The van der Waals surface area contributed by atoms with Crippen LogP contribution in [0.5, 0.6) is 0 Å². The van der Waals surface area contributed by atoms with Gasteiger partial charge in [-0.2, -0.15) is 0 Å². The summed E-state index contributed by atoms with van der Waals surface area (Å²) in [6, 6.07) is 11.4. The van der Waals surface area contributed by atoms with Crippen molar-refractivity contribution in [2.45, 2.75) is 39.4 Å². The first-order valence-electron chi connectivity index (χ1n) is 6.63. The van der Waals surface area contributed by atoms with Crippen molar-refractivity contribution in [3.8, 4) is 0 Å². The number of nitrogens with two attached hydrogens (primary N) is 1. The van der Waals surface area contributed by atoms with Crippen molar-refractivity contribution in [3.63, 3.8) is 0 Å². The second-order valence-electron chi connectivity index (χ2n) is 5.57. The summed E-state index contributed by atoms with van der Waals surface area (Å²) in [5, 5.41) is 0. The molecule has 1 aliphatic rings. The van der Waals surface area contributed by atoms with E-state index in [2.05, 4.69) is 56.0 Å². The molecule has 2 heteroatoms. The monoisotopic (exact) mass is 232 g/mol. The lowest BCUT2D eigenvalue weighted by atomic mass is 9.81. The van der Waals surface area contributed by atoms with E-state index in [-0.39, 0.29) is 0 Å². The predicted molar refractivity (Wildman–Crippen MR) is 72.6 cm³/mol. The average molecular weight is 232 g/mol. The number of nitrogens with zero attached hydrogens (tertiary/aromatic N) is 1. The zero-order chi connectivity index (χ0) is 12.4. The van der Waals surface area contributed by atoms with Crippen molar-refractivity contribution in [2.24, 2.45) is 17.6 Å². The third-order valence-corrected chi connectivity index (χ3v) is 4.39. The van der Waals surface area contributed by atoms with Crippen LogP contribution in [0.1, 0.15) is 26.3 Å². The van der Waals surface area contributed by atoms with Crippen LogP contribution in [-0.2, 0) is 6.54 Å². The van der Waals surface area contributed by atoms with Gasteiger partial charge in [0, 0.05) is 25.2 Å². The molecule has 2 N–H and O–H groups in total.